The van der Waals surface area contributed by atoms with Gasteiger partial charge in [-0.05, 0) is 116 Å². The van der Waals surface area contributed by atoms with Gasteiger partial charge in [0.15, 0.2) is 0 Å². The fourth-order valence-electron chi connectivity index (χ4n) is 6.25. The minimum atomic E-state index is -0.206. The lowest BCUT2D eigenvalue weighted by molar-refractivity contribution is -0.151. The van der Waals surface area contributed by atoms with Crippen LogP contribution in [0.25, 0.3) is 0 Å². The number of rotatable bonds is 36. The molecular weight excluding hydrogens is 663 g/mol. The number of carbonyl (C=O) groups is 3. The van der Waals surface area contributed by atoms with Gasteiger partial charge in [-0.1, -0.05) is 114 Å². The second kappa shape index (κ2) is 37.6. The first-order valence-electron chi connectivity index (χ1n) is 21.3. The molecule has 0 fully saturated rings. The first kappa shape index (κ1) is 50.3. The van der Waals surface area contributed by atoms with Crippen molar-refractivity contribution in [1.82, 2.24) is 4.90 Å². The van der Waals surface area contributed by atoms with Crippen LogP contribution in [0.2, 0.25) is 0 Å². The maximum atomic E-state index is 13.0. The minimum Gasteiger partial charge on any atom is -0.466 e. The van der Waals surface area contributed by atoms with Gasteiger partial charge in [0.1, 0.15) is 6.10 Å². The molecule has 7 nitrogen and oxygen atoms in total. The van der Waals surface area contributed by atoms with Crippen molar-refractivity contribution >= 4 is 17.9 Å². The highest BCUT2D eigenvalue weighted by atomic mass is 16.5. The van der Waals surface area contributed by atoms with E-state index in [1.807, 2.05) is 0 Å². The van der Waals surface area contributed by atoms with E-state index in [-0.39, 0.29) is 24.0 Å². The number of esters is 3. The van der Waals surface area contributed by atoms with Crippen LogP contribution in [0.1, 0.15) is 175 Å². The predicted molar refractivity (Wildman–Crippen MR) is 223 cm³/mol. The molecule has 0 aliphatic carbocycles. The zero-order chi connectivity index (χ0) is 39.2. The summed E-state index contributed by atoms with van der Waals surface area (Å²) in [7, 11) is 4.18. The fourth-order valence-corrected chi connectivity index (χ4v) is 6.25. The summed E-state index contributed by atoms with van der Waals surface area (Å²) < 4.78 is 16.0. The van der Waals surface area contributed by atoms with Crippen LogP contribution in [0.3, 0.4) is 0 Å². The summed E-state index contributed by atoms with van der Waals surface area (Å²) in [4.78, 5) is 36.7. The quantitative estimate of drug-likeness (QED) is 0.0273. The molecule has 0 saturated heterocycles. The summed E-state index contributed by atoms with van der Waals surface area (Å²) in [6.45, 7) is 9.31. The number of nitrogens with zero attached hydrogens (tertiary/aromatic N) is 1. The molecule has 0 aliphatic heterocycles. The molecule has 0 rings (SSSR count). The molecule has 2 unspecified atom stereocenters. The van der Waals surface area contributed by atoms with Crippen LogP contribution in [0.5, 0.6) is 0 Å². The van der Waals surface area contributed by atoms with Crippen molar-refractivity contribution < 1.29 is 28.6 Å². The topological polar surface area (TPSA) is 82.1 Å². The Morgan fingerprint density at radius 3 is 1.28 bits per heavy atom. The molecule has 53 heavy (non-hydrogen) atoms. The average Bonchev–Trinajstić information content (AvgIpc) is 3.10. The lowest BCUT2D eigenvalue weighted by Crippen LogP contribution is -2.27. The SMILES string of the molecule is CC(=O)OCCC/C=C\C/C=C\CCCCCCCCC(CCCCCCCC/C=C\C/C=C\CCCOC(C)=O)OC(=O)CC(C)C(C)CN(C)C. The third-order valence-electron chi connectivity index (χ3n) is 9.56. The molecule has 0 aliphatic rings. The lowest BCUT2D eigenvalue weighted by Gasteiger charge is -2.24. The zero-order valence-electron chi connectivity index (χ0n) is 35.1. The van der Waals surface area contributed by atoms with Gasteiger partial charge in [0, 0.05) is 26.8 Å². The van der Waals surface area contributed by atoms with E-state index in [1.165, 1.54) is 78.1 Å². The van der Waals surface area contributed by atoms with Gasteiger partial charge in [-0.3, -0.25) is 14.4 Å². The second-order valence-electron chi connectivity index (χ2n) is 15.3. The third kappa shape index (κ3) is 38.9. The van der Waals surface area contributed by atoms with Crippen LogP contribution in [-0.2, 0) is 28.6 Å². The molecule has 0 spiro atoms. The van der Waals surface area contributed by atoms with E-state index in [0.717, 1.165) is 83.6 Å². The highest BCUT2D eigenvalue weighted by molar-refractivity contribution is 5.69. The van der Waals surface area contributed by atoms with E-state index in [9.17, 15) is 14.4 Å². The van der Waals surface area contributed by atoms with Crippen molar-refractivity contribution in [1.29, 1.82) is 0 Å². The van der Waals surface area contributed by atoms with E-state index in [1.54, 1.807) is 0 Å². The number of unbranched alkanes of at least 4 members (excludes halogenated alkanes) is 14. The Morgan fingerprint density at radius 2 is 0.887 bits per heavy atom. The molecule has 0 aromatic carbocycles. The van der Waals surface area contributed by atoms with E-state index >= 15 is 0 Å². The monoisotopic (exact) mass is 744 g/mol. The van der Waals surface area contributed by atoms with Gasteiger partial charge in [-0.15, -0.1) is 0 Å². The Balaban J connectivity index is 4.24. The van der Waals surface area contributed by atoms with Crippen molar-refractivity contribution in [3.05, 3.63) is 48.6 Å². The summed E-state index contributed by atoms with van der Waals surface area (Å²) >= 11 is 0. The molecule has 0 radical (unpaired) electrons. The van der Waals surface area contributed by atoms with Gasteiger partial charge in [0.25, 0.3) is 0 Å². The summed E-state index contributed by atoms with van der Waals surface area (Å²) in [6.07, 6.45) is 43.0. The fraction of sp³-hybridized carbons (Fsp3) is 0.761. The smallest absolute Gasteiger partial charge is 0.306 e. The number of ether oxygens (including phenoxy) is 3. The Morgan fingerprint density at radius 1 is 0.509 bits per heavy atom. The van der Waals surface area contributed by atoms with E-state index in [2.05, 4.69) is 81.5 Å². The molecular formula is C46H81NO6. The first-order chi connectivity index (χ1) is 25.6. The van der Waals surface area contributed by atoms with Crippen LogP contribution in [0.4, 0.5) is 0 Å². The van der Waals surface area contributed by atoms with Crippen molar-refractivity contribution in [2.24, 2.45) is 11.8 Å². The van der Waals surface area contributed by atoms with Crippen molar-refractivity contribution in [2.75, 3.05) is 33.9 Å². The van der Waals surface area contributed by atoms with Crippen LogP contribution in [-0.4, -0.2) is 62.8 Å². The average molecular weight is 744 g/mol. The van der Waals surface area contributed by atoms with Crippen molar-refractivity contribution in [2.45, 2.75) is 181 Å². The van der Waals surface area contributed by atoms with Crippen LogP contribution < -0.4 is 0 Å². The van der Waals surface area contributed by atoms with Gasteiger partial charge in [-0.2, -0.15) is 0 Å². The summed E-state index contributed by atoms with van der Waals surface area (Å²) in [5.41, 5.74) is 0. The van der Waals surface area contributed by atoms with Gasteiger partial charge in [0.2, 0.25) is 0 Å². The van der Waals surface area contributed by atoms with Gasteiger partial charge in [0.05, 0.1) is 13.2 Å². The van der Waals surface area contributed by atoms with Gasteiger partial charge in [-0.25, -0.2) is 0 Å². The molecule has 306 valence electrons. The third-order valence-corrected chi connectivity index (χ3v) is 9.56. The Hall–Kier alpha value is -2.67. The Bertz CT molecular complexity index is 940. The predicted octanol–water partition coefficient (Wildman–Crippen LogP) is 12.1. The van der Waals surface area contributed by atoms with Crippen molar-refractivity contribution in [3.63, 3.8) is 0 Å². The molecule has 2 atom stereocenters. The number of hydrogen-bond donors (Lipinski definition) is 0. The minimum absolute atomic E-state index is 0.0151. The number of carbonyl (C=O) groups excluding carboxylic acids is 3. The maximum absolute atomic E-state index is 13.0. The number of hydrogen-bond acceptors (Lipinski definition) is 7. The highest BCUT2D eigenvalue weighted by Gasteiger charge is 2.20. The second-order valence-corrected chi connectivity index (χ2v) is 15.3. The zero-order valence-corrected chi connectivity index (χ0v) is 35.1. The normalized spacial score (nSPS) is 13.3. The Kier molecular flexibility index (Phi) is 35.7. The molecule has 0 bridgehead atoms. The summed E-state index contributed by atoms with van der Waals surface area (Å²) in [5.74, 6) is 0.351. The van der Waals surface area contributed by atoms with Crippen LogP contribution >= 0.6 is 0 Å². The van der Waals surface area contributed by atoms with E-state index < -0.39 is 0 Å². The molecule has 0 N–H and O–H groups in total. The standard InChI is InChI=1S/C46H81NO6/c1-41(42(2)40-47(5)6)39-46(50)53-45(35-31-27-23-19-15-11-7-9-13-17-21-25-29-33-37-51-43(3)48)36-32-28-24-20-16-12-8-10-14-18-22-26-30-34-38-52-44(4)49/h9-10,13-14,21-22,25-26,41-42,45H,7-8,11-12,15-20,23-24,27-40H2,1-6H3/b13-9-,14-10-,25-21-,26-22-. The molecule has 7 heteroatoms. The van der Waals surface area contributed by atoms with Crippen molar-refractivity contribution in [3.8, 4) is 0 Å². The summed E-state index contributed by atoms with van der Waals surface area (Å²) in [5, 5.41) is 0. The maximum Gasteiger partial charge on any atom is 0.306 e. The summed E-state index contributed by atoms with van der Waals surface area (Å²) in [6, 6.07) is 0. The highest BCUT2D eigenvalue weighted by Crippen LogP contribution is 2.21. The van der Waals surface area contributed by atoms with E-state index in [0.29, 0.717) is 31.5 Å². The largest absolute Gasteiger partial charge is 0.466 e. The molecule has 0 saturated carbocycles. The first-order valence-corrected chi connectivity index (χ1v) is 21.3. The van der Waals surface area contributed by atoms with Gasteiger partial charge >= 0.3 is 17.9 Å². The molecule has 0 aromatic rings. The van der Waals surface area contributed by atoms with E-state index in [4.69, 9.17) is 14.2 Å². The molecule has 0 amide bonds. The lowest BCUT2D eigenvalue weighted by atomic mass is 9.92. The van der Waals surface area contributed by atoms with Crippen LogP contribution in [0, 0.1) is 11.8 Å². The Labute approximate surface area is 326 Å². The van der Waals surface area contributed by atoms with Crippen LogP contribution in [0.15, 0.2) is 48.6 Å². The molecule has 0 heterocycles. The number of allylic oxidation sites excluding steroid dienone is 8. The van der Waals surface area contributed by atoms with Gasteiger partial charge < -0.3 is 19.1 Å². The molecule has 0 aromatic heterocycles.